The van der Waals surface area contributed by atoms with Crippen molar-refractivity contribution < 1.29 is 9.18 Å². The van der Waals surface area contributed by atoms with E-state index in [1.165, 1.54) is 23.5 Å². The van der Waals surface area contributed by atoms with Crippen LogP contribution >= 0.6 is 11.3 Å². The maximum absolute atomic E-state index is 13.2. The predicted octanol–water partition coefficient (Wildman–Crippen LogP) is 3.04. The topological polar surface area (TPSA) is 55.1 Å². The first-order valence-corrected chi connectivity index (χ1v) is 7.65. The summed E-state index contributed by atoms with van der Waals surface area (Å²) < 4.78 is 14.0. The van der Waals surface area contributed by atoms with Crippen LogP contribution in [0.1, 0.15) is 35.4 Å². The van der Waals surface area contributed by atoms with E-state index < -0.39 is 0 Å². The number of halogens is 1. The molecule has 5 heteroatoms. The molecule has 1 aliphatic carbocycles. The Morgan fingerprint density at radius 1 is 1.35 bits per heavy atom. The molecular formula is C15H17FN2OS. The monoisotopic (exact) mass is 292 g/mol. The Morgan fingerprint density at radius 3 is 2.80 bits per heavy atom. The molecule has 0 aliphatic heterocycles. The second kappa shape index (κ2) is 5.14. The molecule has 20 heavy (non-hydrogen) atoms. The van der Waals surface area contributed by atoms with E-state index in [2.05, 4.69) is 5.32 Å². The number of rotatable bonds is 3. The first-order chi connectivity index (χ1) is 9.62. The molecule has 1 amide bonds. The van der Waals surface area contributed by atoms with Gasteiger partial charge in [-0.1, -0.05) is 18.9 Å². The van der Waals surface area contributed by atoms with Gasteiger partial charge in [0.15, 0.2) is 0 Å². The molecule has 1 heterocycles. The van der Waals surface area contributed by atoms with Crippen molar-refractivity contribution in [1.29, 1.82) is 0 Å². The molecular weight excluding hydrogens is 275 g/mol. The number of carbonyl (C=O) groups is 1. The number of hydrogen-bond donors (Lipinski definition) is 2. The van der Waals surface area contributed by atoms with Crippen molar-refractivity contribution in [3.63, 3.8) is 0 Å². The molecule has 0 radical (unpaired) electrons. The number of nitrogens with one attached hydrogen (secondary N) is 1. The third kappa shape index (κ3) is 2.43. The van der Waals surface area contributed by atoms with E-state index in [0.29, 0.717) is 11.4 Å². The molecule has 0 saturated heterocycles. The zero-order valence-corrected chi connectivity index (χ0v) is 11.9. The van der Waals surface area contributed by atoms with Gasteiger partial charge in [0.1, 0.15) is 5.82 Å². The van der Waals surface area contributed by atoms with E-state index in [-0.39, 0.29) is 17.3 Å². The Bertz CT molecular complexity index is 646. The van der Waals surface area contributed by atoms with Crippen LogP contribution in [0.3, 0.4) is 0 Å². The maximum atomic E-state index is 13.2. The van der Waals surface area contributed by atoms with Crippen LogP contribution in [-0.2, 0) is 0 Å². The highest BCUT2D eigenvalue weighted by Gasteiger charge is 2.34. The second-order valence-electron chi connectivity index (χ2n) is 5.44. The molecule has 1 saturated carbocycles. The summed E-state index contributed by atoms with van der Waals surface area (Å²) in [6.45, 7) is 0.470. The number of nitrogens with two attached hydrogens (primary N) is 1. The lowest BCUT2D eigenvalue weighted by atomic mass is 9.98. The maximum Gasteiger partial charge on any atom is 0.261 e. The highest BCUT2D eigenvalue weighted by atomic mass is 32.1. The Kier molecular flexibility index (Phi) is 3.48. The van der Waals surface area contributed by atoms with Crippen LogP contribution < -0.4 is 11.1 Å². The summed E-state index contributed by atoms with van der Waals surface area (Å²) in [5.41, 5.74) is 5.58. The van der Waals surface area contributed by atoms with Gasteiger partial charge < -0.3 is 11.1 Å². The molecule has 1 aliphatic rings. The van der Waals surface area contributed by atoms with Gasteiger partial charge in [-0.15, -0.1) is 11.3 Å². The number of benzene rings is 1. The third-order valence-corrected chi connectivity index (χ3v) is 5.13. The lowest BCUT2D eigenvalue weighted by molar-refractivity contribution is 0.0907. The molecule has 0 unspecified atom stereocenters. The van der Waals surface area contributed by atoms with Crippen LogP contribution in [0, 0.1) is 5.82 Å². The van der Waals surface area contributed by atoms with Gasteiger partial charge >= 0.3 is 0 Å². The van der Waals surface area contributed by atoms with Crippen LogP contribution in [0.2, 0.25) is 0 Å². The SMILES string of the molecule is NCC1(NC(=O)c2cc3ccc(F)cc3s2)CCCC1. The predicted molar refractivity (Wildman–Crippen MR) is 79.5 cm³/mol. The van der Waals surface area contributed by atoms with E-state index >= 15 is 0 Å². The summed E-state index contributed by atoms with van der Waals surface area (Å²) in [7, 11) is 0. The number of amides is 1. The van der Waals surface area contributed by atoms with E-state index in [9.17, 15) is 9.18 Å². The third-order valence-electron chi connectivity index (χ3n) is 4.04. The largest absolute Gasteiger partial charge is 0.345 e. The highest BCUT2D eigenvalue weighted by molar-refractivity contribution is 7.20. The minimum Gasteiger partial charge on any atom is -0.345 e. The summed E-state index contributed by atoms with van der Waals surface area (Å²) in [6.07, 6.45) is 4.09. The summed E-state index contributed by atoms with van der Waals surface area (Å²) in [5.74, 6) is -0.375. The molecule has 1 aromatic carbocycles. The molecule has 3 N–H and O–H groups in total. The zero-order valence-electron chi connectivity index (χ0n) is 11.1. The Hall–Kier alpha value is -1.46. The minimum absolute atomic E-state index is 0.0982. The van der Waals surface area contributed by atoms with Gasteiger partial charge in [-0.2, -0.15) is 0 Å². The normalized spacial score (nSPS) is 17.5. The van der Waals surface area contributed by atoms with E-state index in [1.807, 2.05) is 6.07 Å². The molecule has 3 rings (SSSR count). The number of carbonyl (C=O) groups excluding carboxylic acids is 1. The molecule has 0 spiro atoms. The van der Waals surface area contributed by atoms with Crippen LogP contribution in [0.4, 0.5) is 4.39 Å². The van der Waals surface area contributed by atoms with Gasteiger partial charge in [0.25, 0.3) is 5.91 Å². The minimum atomic E-state index is -0.277. The Balaban J connectivity index is 1.85. The van der Waals surface area contributed by atoms with Crippen molar-refractivity contribution in [3.05, 3.63) is 35.0 Å². The smallest absolute Gasteiger partial charge is 0.261 e. The molecule has 0 bridgehead atoms. The van der Waals surface area contributed by atoms with E-state index in [1.54, 1.807) is 6.07 Å². The van der Waals surface area contributed by atoms with Gasteiger partial charge in [0.2, 0.25) is 0 Å². The standard InChI is InChI=1S/C15H17FN2OS/c16-11-4-3-10-7-13(20-12(10)8-11)14(19)18-15(9-17)5-1-2-6-15/h3-4,7-8H,1-2,5-6,9,17H2,(H,18,19). The molecule has 2 aromatic rings. The number of thiophene rings is 1. The van der Waals surface area contributed by atoms with Crippen LogP contribution in [-0.4, -0.2) is 18.0 Å². The summed E-state index contributed by atoms with van der Waals surface area (Å²) >= 11 is 1.32. The van der Waals surface area contributed by atoms with Crippen LogP contribution in [0.25, 0.3) is 10.1 Å². The highest BCUT2D eigenvalue weighted by Crippen LogP contribution is 2.31. The quantitative estimate of drug-likeness (QED) is 0.913. The fourth-order valence-corrected chi connectivity index (χ4v) is 3.83. The van der Waals surface area contributed by atoms with Gasteiger partial charge in [0, 0.05) is 11.2 Å². The molecule has 1 aromatic heterocycles. The molecule has 0 atom stereocenters. The number of hydrogen-bond acceptors (Lipinski definition) is 3. The van der Waals surface area contributed by atoms with Crippen LogP contribution in [0.15, 0.2) is 24.3 Å². The van der Waals surface area contributed by atoms with Gasteiger partial charge in [-0.25, -0.2) is 4.39 Å². The second-order valence-corrected chi connectivity index (χ2v) is 6.52. The van der Waals surface area contributed by atoms with E-state index in [4.69, 9.17) is 5.73 Å². The Labute approximate surface area is 121 Å². The van der Waals surface area contributed by atoms with Gasteiger partial charge in [-0.3, -0.25) is 4.79 Å². The number of fused-ring (bicyclic) bond motifs is 1. The fourth-order valence-electron chi connectivity index (χ4n) is 2.85. The van der Waals surface area contributed by atoms with Crippen molar-refractivity contribution in [2.24, 2.45) is 5.73 Å². The van der Waals surface area contributed by atoms with Crippen molar-refractivity contribution in [2.45, 2.75) is 31.2 Å². The summed E-state index contributed by atoms with van der Waals surface area (Å²) in [6, 6.07) is 6.39. The van der Waals surface area contributed by atoms with Crippen LogP contribution in [0.5, 0.6) is 0 Å². The first kappa shape index (κ1) is 13.5. The lowest BCUT2D eigenvalue weighted by Gasteiger charge is -2.28. The van der Waals surface area contributed by atoms with Crippen molar-refractivity contribution in [3.8, 4) is 0 Å². The Morgan fingerprint density at radius 2 is 2.10 bits per heavy atom. The van der Waals surface area contributed by atoms with Gasteiger partial charge in [-0.05, 0) is 36.4 Å². The van der Waals surface area contributed by atoms with Gasteiger partial charge in [0.05, 0.1) is 10.4 Å². The van der Waals surface area contributed by atoms with E-state index in [0.717, 1.165) is 35.8 Å². The first-order valence-electron chi connectivity index (χ1n) is 6.84. The molecule has 3 nitrogen and oxygen atoms in total. The molecule has 1 fully saturated rings. The zero-order chi connectivity index (χ0) is 14.2. The average molecular weight is 292 g/mol. The summed E-state index contributed by atoms with van der Waals surface area (Å²) in [4.78, 5) is 13.0. The lowest BCUT2D eigenvalue weighted by Crippen LogP contribution is -2.51. The summed E-state index contributed by atoms with van der Waals surface area (Å²) in [5, 5.41) is 3.98. The van der Waals surface area contributed by atoms with Crippen molar-refractivity contribution >= 4 is 27.3 Å². The average Bonchev–Trinajstić information content (AvgIpc) is 3.05. The fraction of sp³-hybridized carbons (Fsp3) is 0.400. The van der Waals surface area contributed by atoms with Crippen molar-refractivity contribution in [2.75, 3.05) is 6.54 Å². The van der Waals surface area contributed by atoms with Crippen molar-refractivity contribution in [1.82, 2.24) is 5.32 Å². The molecule has 106 valence electrons.